The number of carbonyl (C=O) groups excluding carboxylic acids is 1. The zero-order valence-electron chi connectivity index (χ0n) is 12.4. The van der Waals surface area contributed by atoms with E-state index in [-0.39, 0.29) is 26.7 Å². The van der Waals surface area contributed by atoms with E-state index in [9.17, 15) is 9.18 Å². The number of hydrogen-bond donors (Lipinski definition) is 1. The van der Waals surface area contributed by atoms with Crippen LogP contribution in [0.3, 0.4) is 0 Å². The molecule has 4 nitrogen and oxygen atoms in total. The van der Waals surface area contributed by atoms with Crippen LogP contribution in [0.4, 0.5) is 10.1 Å². The molecule has 9 heteroatoms. The van der Waals surface area contributed by atoms with E-state index in [2.05, 4.69) is 20.9 Å². The Morgan fingerprint density at radius 2 is 2.17 bits per heavy atom. The molecule has 0 radical (unpaired) electrons. The summed E-state index contributed by atoms with van der Waals surface area (Å²) in [6.45, 7) is 1.52. The van der Waals surface area contributed by atoms with E-state index in [1.54, 1.807) is 0 Å². The lowest BCUT2D eigenvalue weighted by atomic mass is 10.2. The maximum absolute atomic E-state index is 13.5. The third kappa shape index (κ3) is 4.75. The van der Waals surface area contributed by atoms with Gasteiger partial charge in [-0.15, -0.1) is 0 Å². The Morgan fingerprint density at radius 3 is 2.83 bits per heavy atom. The number of thioether (sulfide) groups is 1. The summed E-state index contributed by atoms with van der Waals surface area (Å²) >= 11 is 16.0. The zero-order valence-corrected chi connectivity index (χ0v) is 16.3. The highest BCUT2D eigenvalue weighted by molar-refractivity contribution is 9.10. The van der Waals surface area contributed by atoms with Gasteiger partial charge in [-0.3, -0.25) is 4.79 Å². The number of pyridine rings is 1. The molecule has 1 aromatic carbocycles. The Morgan fingerprint density at radius 1 is 1.46 bits per heavy atom. The Kier molecular flexibility index (Phi) is 6.74. The quantitative estimate of drug-likeness (QED) is 0.638. The van der Waals surface area contributed by atoms with Crippen LogP contribution in [0.1, 0.15) is 12.5 Å². The molecule has 0 saturated heterocycles. The van der Waals surface area contributed by atoms with E-state index in [1.165, 1.54) is 6.92 Å². The van der Waals surface area contributed by atoms with Gasteiger partial charge in [-0.25, -0.2) is 0 Å². The minimum Gasteiger partial charge on any atom is -0.464 e. The zero-order chi connectivity index (χ0) is 17.9. The molecule has 24 heavy (non-hydrogen) atoms. The molecule has 128 valence electrons. The summed E-state index contributed by atoms with van der Waals surface area (Å²) in [5.74, 6) is -0.792. The SMILES string of the molecule is C[C@@H](Oc1nc(F)c(Cl)c(N)c1Cl)C(=O)SCc1cccc(Br)c1. The van der Waals surface area contributed by atoms with Crippen molar-refractivity contribution in [3.63, 3.8) is 0 Å². The molecule has 0 aliphatic carbocycles. The van der Waals surface area contributed by atoms with Crippen molar-refractivity contribution < 1.29 is 13.9 Å². The molecular weight excluding hydrogens is 442 g/mol. The highest BCUT2D eigenvalue weighted by atomic mass is 79.9. The standard InChI is InChI=1S/C15H12BrCl2FN2O2S/c1-7(15(22)24-6-8-3-2-4-9(16)5-8)23-14-11(18)12(20)10(17)13(19)21-14/h2-5,7H,6H2,1H3,(H2,20,21)/t7-/m1/s1. The van der Waals surface area contributed by atoms with Crippen molar-refractivity contribution in [2.45, 2.75) is 18.8 Å². The molecule has 2 aromatic rings. The van der Waals surface area contributed by atoms with Crippen LogP contribution in [0.5, 0.6) is 5.88 Å². The average Bonchev–Trinajstić information content (AvgIpc) is 2.55. The van der Waals surface area contributed by atoms with Gasteiger partial charge in [0.15, 0.2) is 6.10 Å². The lowest BCUT2D eigenvalue weighted by Crippen LogP contribution is -2.22. The van der Waals surface area contributed by atoms with Gasteiger partial charge in [0.2, 0.25) is 16.9 Å². The number of halogens is 4. The molecule has 0 unspecified atom stereocenters. The molecule has 0 fully saturated rings. The van der Waals surface area contributed by atoms with Gasteiger partial charge < -0.3 is 10.5 Å². The van der Waals surface area contributed by atoms with Gasteiger partial charge in [-0.05, 0) is 24.6 Å². The number of nitrogens with zero attached hydrogens (tertiary/aromatic N) is 1. The summed E-state index contributed by atoms with van der Waals surface area (Å²) in [6, 6.07) is 7.60. The van der Waals surface area contributed by atoms with Crippen LogP contribution in [0.15, 0.2) is 28.7 Å². The largest absolute Gasteiger partial charge is 0.464 e. The van der Waals surface area contributed by atoms with Crippen LogP contribution in [-0.4, -0.2) is 16.2 Å². The number of aromatic nitrogens is 1. The van der Waals surface area contributed by atoms with E-state index in [1.807, 2.05) is 24.3 Å². The second-order valence-corrected chi connectivity index (χ2v) is 7.40. The number of hydrogen-bond acceptors (Lipinski definition) is 5. The fraction of sp³-hybridized carbons (Fsp3) is 0.200. The lowest BCUT2D eigenvalue weighted by molar-refractivity contribution is -0.116. The molecule has 0 spiro atoms. The summed E-state index contributed by atoms with van der Waals surface area (Å²) in [5.41, 5.74) is 6.37. The second-order valence-electron chi connectivity index (χ2n) is 4.75. The predicted molar refractivity (Wildman–Crippen MR) is 99.2 cm³/mol. The van der Waals surface area contributed by atoms with Crippen molar-refractivity contribution in [2.24, 2.45) is 0 Å². The van der Waals surface area contributed by atoms with E-state index in [0.29, 0.717) is 5.75 Å². The average molecular weight is 454 g/mol. The highest BCUT2D eigenvalue weighted by Gasteiger charge is 2.21. The van der Waals surface area contributed by atoms with Gasteiger partial charge >= 0.3 is 0 Å². The summed E-state index contributed by atoms with van der Waals surface area (Å²) < 4.78 is 19.8. The molecule has 1 atom stereocenters. The van der Waals surface area contributed by atoms with E-state index in [4.69, 9.17) is 33.7 Å². The summed E-state index contributed by atoms with van der Waals surface area (Å²) in [6.07, 6.45) is -0.882. The molecule has 2 rings (SSSR count). The molecule has 0 aliphatic rings. The van der Waals surface area contributed by atoms with Crippen molar-refractivity contribution in [3.8, 4) is 5.88 Å². The number of anilines is 1. The van der Waals surface area contributed by atoms with Crippen LogP contribution in [0.2, 0.25) is 10.0 Å². The van der Waals surface area contributed by atoms with E-state index >= 15 is 0 Å². The summed E-state index contributed by atoms with van der Waals surface area (Å²) in [4.78, 5) is 15.6. The maximum atomic E-state index is 13.5. The third-order valence-corrected chi connectivity index (χ3v) is 5.24. The first-order chi connectivity index (χ1) is 11.3. The highest BCUT2D eigenvalue weighted by Crippen LogP contribution is 2.36. The van der Waals surface area contributed by atoms with Crippen molar-refractivity contribution in [1.29, 1.82) is 0 Å². The monoisotopic (exact) mass is 452 g/mol. The van der Waals surface area contributed by atoms with Crippen LogP contribution >= 0.6 is 50.9 Å². The topological polar surface area (TPSA) is 65.2 Å². The van der Waals surface area contributed by atoms with Gasteiger partial charge in [0.1, 0.15) is 10.0 Å². The molecule has 0 saturated carbocycles. The first kappa shape index (κ1) is 19.3. The van der Waals surface area contributed by atoms with Crippen molar-refractivity contribution in [2.75, 3.05) is 5.73 Å². The van der Waals surface area contributed by atoms with Gasteiger partial charge in [0, 0.05) is 10.2 Å². The van der Waals surface area contributed by atoms with E-state index < -0.39 is 12.1 Å². The molecule has 0 amide bonds. The van der Waals surface area contributed by atoms with Crippen LogP contribution in [-0.2, 0) is 10.5 Å². The Bertz CT molecular complexity index is 779. The molecule has 0 aliphatic heterocycles. The minimum absolute atomic E-state index is 0.127. The molecular formula is C15H12BrCl2FN2O2S. The number of ether oxygens (including phenoxy) is 1. The Hall–Kier alpha value is -1.02. The summed E-state index contributed by atoms with van der Waals surface area (Å²) in [5, 5.41) is -0.754. The predicted octanol–water partition coefficient (Wildman–Crippen LogP) is 5.10. The summed E-state index contributed by atoms with van der Waals surface area (Å²) in [7, 11) is 0. The fourth-order valence-corrected chi connectivity index (χ4v) is 3.29. The maximum Gasteiger partial charge on any atom is 0.238 e. The third-order valence-electron chi connectivity index (χ3n) is 2.93. The fourth-order valence-electron chi connectivity index (χ4n) is 1.70. The van der Waals surface area contributed by atoms with Crippen molar-refractivity contribution in [1.82, 2.24) is 4.98 Å². The molecule has 2 N–H and O–H groups in total. The van der Waals surface area contributed by atoms with Crippen molar-refractivity contribution >= 4 is 61.7 Å². The molecule has 0 bridgehead atoms. The smallest absolute Gasteiger partial charge is 0.238 e. The number of benzene rings is 1. The minimum atomic E-state index is -1.00. The Balaban J connectivity index is 2.02. The normalized spacial score (nSPS) is 12.0. The second kappa shape index (κ2) is 8.38. The van der Waals surface area contributed by atoms with E-state index in [0.717, 1.165) is 21.8 Å². The van der Waals surface area contributed by atoms with Gasteiger partial charge in [0.25, 0.3) is 0 Å². The van der Waals surface area contributed by atoms with Gasteiger partial charge in [-0.1, -0.05) is 63.0 Å². The van der Waals surface area contributed by atoms with Gasteiger partial charge in [-0.2, -0.15) is 9.37 Å². The van der Waals surface area contributed by atoms with Crippen LogP contribution in [0, 0.1) is 5.95 Å². The number of nitrogens with two attached hydrogens (primary N) is 1. The molecule has 1 heterocycles. The Labute approximate surface area is 161 Å². The number of rotatable bonds is 5. The lowest BCUT2D eigenvalue weighted by Gasteiger charge is -2.15. The number of nitrogen functional groups attached to an aromatic ring is 1. The van der Waals surface area contributed by atoms with Crippen LogP contribution < -0.4 is 10.5 Å². The van der Waals surface area contributed by atoms with Crippen LogP contribution in [0.25, 0.3) is 0 Å². The first-order valence-corrected chi connectivity index (χ1v) is 9.20. The number of carbonyl (C=O) groups is 1. The van der Waals surface area contributed by atoms with Crippen molar-refractivity contribution in [3.05, 3.63) is 50.3 Å². The first-order valence-electron chi connectivity index (χ1n) is 6.67. The van der Waals surface area contributed by atoms with Gasteiger partial charge in [0.05, 0.1) is 5.69 Å². The molecule has 1 aromatic heterocycles.